The monoisotopic (exact) mass is 312 g/mol. The number of carbonyl (C=O) groups is 1. The molecule has 1 unspecified atom stereocenters. The number of benzene rings is 2. The molecule has 1 N–H and O–H groups in total. The zero-order valence-electron chi connectivity index (χ0n) is 14.0. The van der Waals surface area contributed by atoms with Gasteiger partial charge >= 0.3 is 0 Å². The van der Waals surface area contributed by atoms with Crippen molar-refractivity contribution in [3.63, 3.8) is 0 Å². The Bertz CT molecular complexity index is 662. The molecule has 0 heterocycles. The number of aryl methyl sites for hydroxylation is 1. The molecule has 2 aromatic rings. The number of Topliss-reactive ketones (excluding diaryl/α,β-unsaturated/α-hetero) is 1. The maximum atomic E-state index is 12.9. The fourth-order valence-electron chi connectivity index (χ4n) is 2.51. The fraction of sp³-hybridized carbons (Fsp3) is 0.350. The molecule has 0 fully saturated rings. The first kappa shape index (κ1) is 17.2. The first-order chi connectivity index (χ1) is 11.1. The van der Waals surface area contributed by atoms with E-state index in [2.05, 4.69) is 0 Å². The summed E-state index contributed by atoms with van der Waals surface area (Å²) in [6.07, 6.45) is 1.52. The van der Waals surface area contributed by atoms with Gasteiger partial charge < -0.3 is 9.84 Å². The normalized spacial score (nSPS) is 12.0. The van der Waals surface area contributed by atoms with Crippen molar-refractivity contribution in [3.05, 3.63) is 59.2 Å². The smallest absolute Gasteiger partial charge is 0.169 e. The highest BCUT2D eigenvalue weighted by Gasteiger charge is 2.24. The Hall–Kier alpha value is -2.13. The van der Waals surface area contributed by atoms with Gasteiger partial charge in [0.15, 0.2) is 5.78 Å². The van der Waals surface area contributed by atoms with Gasteiger partial charge in [-0.15, -0.1) is 0 Å². The highest BCUT2D eigenvalue weighted by molar-refractivity contribution is 6.02. The van der Waals surface area contributed by atoms with Gasteiger partial charge in [-0.3, -0.25) is 4.79 Å². The van der Waals surface area contributed by atoms with E-state index in [1.165, 1.54) is 0 Å². The maximum absolute atomic E-state index is 12.9. The third kappa shape index (κ3) is 3.80. The Labute approximate surface area is 137 Å². The van der Waals surface area contributed by atoms with Crippen LogP contribution in [0.2, 0.25) is 0 Å². The molecule has 0 aliphatic heterocycles. The molecule has 3 heteroatoms. The van der Waals surface area contributed by atoms with Gasteiger partial charge in [0.05, 0.1) is 12.2 Å². The van der Waals surface area contributed by atoms with Crippen molar-refractivity contribution in [3.8, 4) is 11.5 Å². The van der Waals surface area contributed by atoms with Crippen LogP contribution in [0.15, 0.2) is 42.5 Å². The summed E-state index contributed by atoms with van der Waals surface area (Å²) in [6, 6.07) is 13.1. The van der Waals surface area contributed by atoms with E-state index in [9.17, 15) is 9.90 Å². The molecule has 1 atom stereocenters. The molecule has 0 aliphatic rings. The van der Waals surface area contributed by atoms with Crippen molar-refractivity contribution in [2.24, 2.45) is 5.92 Å². The average Bonchev–Trinajstić information content (AvgIpc) is 2.60. The Morgan fingerprint density at radius 3 is 2.30 bits per heavy atom. The molecule has 122 valence electrons. The molecule has 0 saturated heterocycles. The first-order valence-corrected chi connectivity index (χ1v) is 8.15. The maximum Gasteiger partial charge on any atom is 0.169 e. The van der Waals surface area contributed by atoms with Gasteiger partial charge in [0, 0.05) is 11.5 Å². The number of rotatable bonds is 7. The largest absolute Gasteiger partial charge is 0.456 e. The molecule has 2 rings (SSSR count). The summed E-state index contributed by atoms with van der Waals surface area (Å²) in [5, 5.41) is 9.67. The second-order valence-electron chi connectivity index (χ2n) is 5.69. The van der Waals surface area contributed by atoms with Crippen molar-refractivity contribution >= 4 is 5.78 Å². The topological polar surface area (TPSA) is 46.5 Å². The Morgan fingerprint density at radius 2 is 1.74 bits per heavy atom. The van der Waals surface area contributed by atoms with E-state index in [4.69, 9.17) is 4.74 Å². The van der Waals surface area contributed by atoms with Crippen molar-refractivity contribution in [2.75, 3.05) is 0 Å². The Balaban J connectivity index is 2.58. The van der Waals surface area contributed by atoms with E-state index in [1.807, 2.05) is 63.2 Å². The summed E-state index contributed by atoms with van der Waals surface area (Å²) in [5.41, 5.74) is 2.20. The van der Waals surface area contributed by atoms with Gasteiger partial charge in [-0.2, -0.15) is 0 Å². The highest BCUT2D eigenvalue weighted by atomic mass is 16.5. The number of ketones is 1. The summed E-state index contributed by atoms with van der Waals surface area (Å²) in [7, 11) is 0. The predicted octanol–water partition coefficient (Wildman–Crippen LogP) is 4.76. The van der Waals surface area contributed by atoms with E-state index in [0.29, 0.717) is 22.6 Å². The van der Waals surface area contributed by atoms with Gasteiger partial charge in [-0.1, -0.05) is 51.1 Å². The number of aliphatic hydroxyl groups excluding tert-OH is 1. The molecule has 0 bridgehead atoms. The van der Waals surface area contributed by atoms with E-state index < -0.39 is 0 Å². The number of aliphatic hydroxyl groups is 1. The van der Waals surface area contributed by atoms with Gasteiger partial charge in [0.2, 0.25) is 0 Å². The van der Waals surface area contributed by atoms with E-state index in [1.54, 1.807) is 0 Å². The molecular weight excluding hydrogens is 288 g/mol. The van der Waals surface area contributed by atoms with Gasteiger partial charge in [0.25, 0.3) is 0 Å². The molecule has 0 aliphatic carbocycles. The van der Waals surface area contributed by atoms with Crippen molar-refractivity contribution in [2.45, 2.75) is 40.2 Å². The minimum Gasteiger partial charge on any atom is -0.456 e. The summed E-state index contributed by atoms with van der Waals surface area (Å²) in [4.78, 5) is 12.9. The molecule has 23 heavy (non-hydrogen) atoms. The number of carbonyl (C=O) groups excluding carboxylic acids is 1. The van der Waals surface area contributed by atoms with Crippen LogP contribution < -0.4 is 4.74 Å². The third-order valence-corrected chi connectivity index (χ3v) is 4.15. The number of para-hydroxylation sites is 1. The molecule has 2 aromatic carbocycles. The molecule has 0 aromatic heterocycles. The standard InChI is InChI=1S/C20H24O3/c1-4-14(3)19(22)18-15(5-2)11-12-16(13-21)20(18)23-17-9-7-6-8-10-17/h6-12,14,21H,4-5,13H2,1-3H3. The number of hydrogen-bond acceptors (Lipinski definition) is 3. The van der Waals surface area contributed by atoms with Crippen LogP contribution in [0.25, 0.3) is 0 Å². The molecule has 0 radical (unpaired) electrons. The average molecular weight is 312 g/mol. The summed E-state index contributed by atoms with van der Waals surface area (Å²) in [5.74, 6) is 1.15. The predicted molar refractivity (Wildman–Crippen MR) is 92.0 cm³/mol. The van der Waals surface area contributed by atoms with Crippen LogP contribution in [0, 0.1) is 5.92 Å². The quantitative estimate of drug-likeness (QED) is 0.750. The lowest BCUT2D eigenvalue weighted by molar-refractivity contribution is 0.0923. The van der Waals surface area contributed by atoms with Gasteiger partial charge in [-0.05, 0) is 30.5 Å². The minimum absolute atomic E-state index is 0.0746. The highest BCUT2D eigenvalue weighted by Crippen LogP contribution is 2.34. The van der Waals surface area contributed by atoms with Crippen LogP contribution in [-0.4, -0.2) is 10.9 Å². The molecule has 0 saturated carbocycles. The fourth-order valence-corrected chi connectivity index (χ4v) is 2.51. The van der Waals surface area contributed by atoms with E-state index in [0.717, 1.165) is 18.4 Å². The summed E-state index contributed by atoms with van der Waals surface area (Å²) in [6.45, 7) is 5.79. The lowest BCUT2D eigenvalue weighted by atomic mass is 9.90. The third-order valence-electron chi connectivity index (χ3n) is 4.15. The molecule has 0 spiro atoms. The number of ether oxygens (including phenoxy) is 1. The van der Waals surface area contributed by atoms with Crippen molar-refractivity contribution < 1.29 is 14.6 Å². The van der Waals surface area contributed by atoms with Gasteiger partial charge in [-0.25, -0.2) is 0 Å². The van der Waals surface area contributed by atoms with E-state index in [-0.39, 0.29) is 18.3 Å². The molecular formula is C20H24O3. The van der Waals surface area contributed by atoms with Gasteiger partial charge in [0.1, 0.15) is 11.5 Å². The zero-order valence-corrected chi connectivity index (χ0v) is 14.0. The SMILES string of the molecule is CCc1ccc(CO)c(Oc2ccccc2)c1C(=O)C(C)CC. The zero-order chi connectivity index (χ0) is 16.8. The van der Waals surface area contributed by atoms with Crippen LogP contribution in [0.3, 0.4) is 0 Å². The first-order valence-electron chi connectivity index (χ1n) is 8.15. The summed E-state index contributed by atoms with van der Waals surface area (Å²) >= 11 is 0. The van der Waals surface area contributed by atoms with Crippen molar-refractivity contribution in [1.29, 1.82) is 0 Å². The Morgan fingerprint density at radius 1 is 1.09 bits per heavy atom. The van der Waals surface area contributed by atoms with Crippen LogP contribution in [0.4, 0.5) is 0 Å². The van der Waals surface area contributed by atoms with Crippen LogP contribution in [-0.2, 0) is 13.0 Å². The second kappa shape index (κ2) is 7.93. The van der Waals surface area contributed by atoms with E-state index >= 15 is 0 Å². The van der Waals surface area contributed by atoms with Crippen LogP contribution in [0.5, 0.6) is 11.5 Å². The van der Waals surface area contributed by atoms with Crippen LogP contribution in [0.1, 0.15) is 48.7 Å². The lowest BCUT2D eigenvalue weighted by Crippen LogP contribution is -2.15. The lowest BCUT2D eigenvalue weighted by Gasteiger charge is -2.19. The minimum atomic E-state index is -0.160. The van der Waals surface area contributed by atoms with Crippen LogP contribution >= 0.6 is 0 Å². The van der Waals surface area contributed by atoms with Crippen molar-refractivity contribution in [1.82, 2.24) is 0 Å². The summed E-state index contributed by atoms with van der Waals surface area (Å²) < 4.78 is 6.01. The second-order valence-corrected chi connectivity index (χ2v) is 5.69. The Kier molecular flexibility index (Phi) is 5.94. The molecule has 0 amide bonds. The number of hydrogen-bond donors (Lipinski definition) is 1. The molecule has 3 nitrogen and oxygen atoms in total.